The Balaban J connectivity index is 1.73. The minimum atomic E-state index is -0.839. The number of hydrogen-bond donors (Lipinski definition) is 2. The quantitative estimate of drug-likeness (QED) is 0.172. The molecule has 2 heterocycles. The number of nitrogens with zero attached hydrogens (tertiary/aromatic N) is 1. The Hall–Kier alpha value is -4.52. The van der Waals surface area contributed by atoms with E-state index in [1.165, 1.54) is 4.90 Å². The molecule has 1 atom stereocenters. The van der Waals surface area contributed by atoms with Gasteiger partial charge in [0.05, 0.1) is 25.3 Å². The maximum Gasteiger partial charge on any atom is 0.300 e. The molecule has 0 aliphatic carbocycles. The predicted octanol–water partition coefficient (Wildman–Crippen LogP) is 6.32. The lowest BCUT2D eigenvalue weighted by atomic mass is 9.93. The molecule has 7 heteroatoms. The number of aliphatic hydroxyl groups is 1. The van der Waals surface area contributed by atoms with Gasteiger partial charge in [-0.1, -0.05) is 32.0 Å². The Morgan fingerprint density at radius 1 is 1.05 bits per heavy atom. The number of anilines is 1. The summed E-state index contributed by atoms with van der Waals surface area (Å²) in [6, 6.07) is 19.2. The Labute approximate surface area is 221 Å². The molecule has 0 spiro atoms. The van der Waals surface area contributed by atoms with Crippen molar-refractivity contribution in [3.8, 4) is 11.5 Å². The number of carbonyl (C=O) groups is 2. The standard InChI is InChI=1S/C31H30N2O5/c1-5-38-21-13-11-20(12-14-21)33-28(24-17-32-25-9-7-6-8-22(24)25)27(30(35)31(33)36)29(34)19-10-15-26(37-4)23(16-19)18(2)3/h6-18,28,32,34H,5H2,1-4H3/b29-27+. The third kappa shape index (κ3) is 4.20. The molecule has 1 amide bonds. The first-order chi connectivity index (χ1) is 18.3. The molecule has 3 aromatic carbocycles. The third-order valence-electron chi connectivity index (χ3n) is 6.91. The minimum Gasteiger partial charge on any atom is -0.507 e. The summed E-state index contributed by atoms with van der Waals surface area (Å²) >= 11 is 0. The molecule has 1 fully saturated rings. The average molecular weight is 511 g/mol. The summed E-state index contributed by atoms with van der Waals surface area (Å²) in [5.41, 5.74) is 3.49. The van der Waals surface area contributed by atoms with Crippen LogP contribution in [0, 0.1) is 0 Å². The summed E-state index contributed by atoms with van der Waals surface area (Å²) in [5, 5.41) is 12.5. The topological polar surface area (TPSA) is 91.9 Å². The maximum absolute atomic E-state index is 13.6. The summed E-state index contributed by atoms with van der Waals surface area (Å²) in [4.78, 5) is 31.8. The van der Waals surface area contributed by atoms with Crippen LogP contribution in [0.3, 0.4) is 0 Å². The van der Waals surface area contributed by atoms with Gasteiger partial charge in [-0.2, -0.15) is 0 Å². The van der Waals surface area contributed by atoms with Crippen molar-refractivity contribution in [1.29, 1.82) is 0 Å². The molecular weight excluding hydrogens is 480 g/mol. The fourth-order valence-electron chi connectivity index (χ4n) is 5.07. The fourth-order valence-corrected chi connectivity index (χ4v) is 5.07. The zero-order valence-electron chi connectivity index (χ0n) is 21.8. The third-order valence-corrected chi connectivity index (χ3v) is 6.91. The summed E-state index contributed by atoms with van der Waals surface area (Å²) in [6.45, 7) is 6.46. The van der Waals surface area contributed by atoms with E-state index in [9.17, 15) is 14.7 Å². The number of methoxy groups -OCH3 is 1. The van der Waals surface area contributed by atoms with Crippen LogP contribution in [0.4, 0.5) is 5.69 Å². The molecule has 7 nitrogen and oxygen atoms in total. The smallest absolute Gasteiger partial charge is 0.300 e. The first-order valence-corrected chi connectivity index (χ1v) is 12.6. The van der Waals surface area contributed by atoms with Gasteiger partial charge in [0.1, 0.15) is 17.3 Å². The van der Waals surface area contributed by atoms with Crippen molar-refractivity contribution in [3.63, 3.8) is 0 Å². The van der Waals surface area contributed by atoms with Gasteiger partial charge in [0.2, 0.25) is 0 Å². The van der Waals surface area contributed by atoms with Crippen molar-refractivity contribution in [2.24, 2.45) is 0 Å². The number of aliphatic hydroxyl groups excluding tert-OH is 1. The minimum absolute atomic E-state index is 0.0357. The predicted molar refractivity (Wildman–Crippen MR) is 148 cm³/mol. The van der Waals surface area contributed by atoms with E-state index < -0.39 is 17.7 Å². The molecule has 1 aliphatic rings. The fraction of sp³-hybridized carbons (Fsp3) is 0.226. The highest BCUT2D eigenvalue weighted by Crippen LogP contribution is 2.45. The number of fused-ring (bicyclic) bond motifs is 1. The molecule has 1 saturated heterocycles. The van der Waals surface area contributed by atoms with E-state index in [1.807, 2.05) is 51.1 Å². The Morgan fingerprint density at radius 2 is 1.79 bits per heavy atom. The highest BCUT2D eigenvalue weighted by atomic mass is 16.5. The van der Waals surface area contributed by atoms with Crippen molar-refractivity contribution >= 4 is 34.0 Å². The second-order valence-corrected chi connectivity index (χ2v) is 9.50. The van der Waals surface area contributed by atoms with Crippen LogP contribution in [0.5, 0.6) is 11.5 Å². The van der Waals surface area contributed by atoms with Crippen LogP contribution >= 0.6 is 0 Å². The first kappa shape index (κ1) is 25.1. The number of hydrogen-bond acceptors (Lipinski definition) is 5. The summed E-state index contributed by atoms with van der Waals surface area (Å²) in [7, 11) is 1.60. The van der Waals surface area contributed by atoms with Crippen molar-refractivity contribution in [2.45, 2.75) is 32.7 Å². The number of ketones is 1. The molecule has 4 aromatic rings. The Bertz CT molecular complexity index is 1550. The first-order valence-electron chi connectivity index (χ1n) is 12.6. The summed E-state index contributed by atoms with van der Waals surface area (Å²) < 4.78 is 11.1. The van der Waals surface area contributed by atoms with Gasteiger partial charge in [-0.15, -0.1) is 0 Å². The number of nitrogens with one attached hydrogen (secondary N) is 1. The normalized spacial score (nSPS) is 17.0. The van der Waals surface area contributed by atoms with Gasteiger partial charge in [-0.3, -0.25) is 14.5 Å². The largest absolute Gasteiger partial charge is 0.507 e. The monoisotopic (exact) mass is 510 g/mol. The van der Waals surface area contributed by atoms with Crippen LogP contribution in [0.2, 0.25) is 0 Å². The molecule has 5 rings (SSSR count). The van der Waals surface area contributed by atoms with Gasteiger partial charge in [-0.05, 0) is 66.9 Å². The second-order valence-electron chi connectivity index (χ2n) is 9.50. The van der Waals surface area contributed by atoms with Crippen molar-refractivity contribution in [2.75, 3.05) is 18.6 Å². The van der Waals surface area contributed by atoms with Gasteiger partial charge >= 0.3 is 0 Å². The Kier molecular flexibility index (Phi) is 6.68. The summed E-state index contributed by atoms with van der Waals surface area (Å²) in [6.07, 6.45) is 1.80. The molecule has 1 aliphatic heterocycles. The van der Waals surface area contributed by atoms with E-state index in [4.69, 9.17) is 9.47 Å². The maximum atomic E-state index is 13.6. The number of H-pyrrole nitrogens is 1. The van der Waals surface area contributed by atoms with E-state index in [1.54, 1.807) is 49.7 Å². The lowest BCUT2D eigenvalue weighted by Gasteiger charge is -2.25. The van der Waals surface area contributed by atoms with Crippen LogP contribution in [0.15, 0.2) is 78.5 Å². The van der Waals surface area contributed by atoms with Crippen LogP contribution in [0.25, 0.3) is 16.7 Å². The molecule has 38 heavy (non-hydrogen) atoms. The van der Waals surface area contributed by atoms with E-state index in [0.29, 0.717) is 34.9 Å². The van der Waals surface area contributed by atoms with E-state index in [2.05, 4.69) is 4.98 Å². The highest BCUT2D eigenvalue weighted by molar-refractivity contribution is 6.51. The molecule has 0 saturated carbocycles. The van der Waals surface area contributed by atoms with Gasteiger partial charge in [0, 0.05) is 33.9 Å². The van der Waals surface area contributed by atoms with Crippen LogP contribution in [0.1, 0.15) is 49.4 Å². The van der Waals surface area contributed by atoms with Crippen molar-refractivity contribution < 1.29 is 24.2 Å². The number of aromatic amines is 1. The number of carbonyl (C=O) groups excluding carboxylic acids is 2. The van der Waals surface area contributed by atoms with Crippen molar-refractivity contribution in [3.05, 3.63) is 95.2 Å². The molecule has 0 bridgehead atoms. The van der Waals surface area contributed by atoms with E-state index in [0.717, 1.165) is 16.5 Å². The van der Waals surface area contributed by atoms with Crippen molar-refractivity contribution in [1.82, 2.24) is 4.98 Å². The molecule has 2 N–H and O–H groups in total. The van der Waals surface area contributed by atoms with Crippen LogP contribution in [-0.2, 0) is 9.59 Å². The number of rotatable bonds is 7. The van der Waals surface area contributed by atoms with Gasteiger partial charge < -0.3 is 19.6 Å². The number of ether oxygens (including phenoxy) is 2. The average Bonchev–Trinajstić information content (AvgIpc) is 3.47. The number of para-hydroxylation sites is 1. The second kappa shape index (κ2) is 10.1. The molecular formula is C31H30N2O5. The lowest BCUT2D eigenvalue weighted by Crippen LogP contribution is -2.29. The molecule has 1 unspecified atom stereocenters. The summed E-state index contributed by atoms with van der Waals surface area (Å²) in [5.74, 6) is -0.197. The lowest BCUT2D eigenvalue weighted by molar-refractivity contribution is -0.132. The molecule has 194 valence electrons. The molecule has 0 radical (unpaired) electrons. The van der Waals surface area contributed by atoms with Crippen LogP contribution < -0.4 is 14.4 Å². The number of benzene rings is 3. The zero-order valence-corrected chi connectivity index (χ0v) is 21.8. The zero-order chi connectivity index (χ0) is 27.0. The van der Waals surface area contributed by atoms with Crippen LogP contribution in [-0.4, -0.2) is 35.5 Å². The van der Waals surface area contributed by atoms with E-state index in [-0.39, 0.29) is 17.3 Å². The van der Waals surface area contributed by atoms with Gasteiger partial charge in [0.25, 0.3) is 11.7 Å². The molecule has 1 aromatic heterocycles. The SMILES string of the molecule is CCOc1ccc(N2C(=O)C(=O)/C(=C(/O)c3ccc(OC)c(C(C)C)c3)C2c2c[nH]c3ccccc23)cc1. The van der Waals surface area contributed by atoms with E-state index >= 15 is 0 Å². The number of Topliss-reactive ketones (excluding diaryl/α,β-unsaturated/α-hetero) is 1. The van der Waals surface area contributed by atoms with Gasteiger partial charge in [-0.25, -0.2) is 0 Å². The highest BCUT2D eigenvalue weighted by Gasteiger charge is 2.47. The number of amides is 1. The van der Waals surface area contributed by atoms with Gasteiger partial charge in [0.15, 0.2) is 0 Å². The number of aromatic nitrogens is 1. The Morgan fingerprint density at radius 3 is 2.47 bits per heavy atom.